The lowest BCUT2D eigenvalue weighted by Gasteiger charge is -2.11. The lowest BCUT2D eigenvalue weighted by atomic mass is 10.0. The van der Waals surface area contributed by atoms with Crippen LogP contribution in [-0.4, -0.2) is 9.61 Å². The number of pyridine rings is 1. The summed E-state index contributed by atoms with van der Waals surface area (Å²) in [7, 11) is 0. The van der Waals surface area contributed by atoms with Gasteiger partial charge in [-0.1, -0.05) is 29.8 Å². The zero-order valence-corrected chi connectivity index (χ0v) is 14.5. The van der Waals surface area contributed by atoms with Crippen molar-refractivity contribution < 1.29 is 13.5 Å². The van der Waals surface area contributed by atoms with Crippen LogP contribution >= 0.6 is 11.6 Å². The van der Waals surface area contributed by atoms with Gasteiger partial charge in [-0.05, 0) is 30.3 Å². The van der Waals surface area contributed by atoms with Crippen LogP contribution in [0.25, 0.3) is 16.6 Å². The molecule has 2 aromatic heterocycles. The molecular weight excluding hydrogens is 374 g/mol. The summed E-state index contributed by atoms with van der Waals surface area (Å²) in [6, 6.07) is 14.5. The summed E-state index contributed by atoms with van der Waals surface area (Å²) in [6.07, 6.45) is 1.40. The molecule has 0 bridgehead atoms. The molecule has 0 spiro atoms. The normalized spacial score (nSPS) is 10.9. The van der Waals surface area contributed by atoms with Crippen LogP contribution in [0.4, 0.5) is 8.78 Å². The maximum atomic E-state index is 14.2. The van der Waals surface area contributed by atoms with E-state index in [0.717, 1.165) is 12.1 Å². The molecule has 0 saturated heterocycles. The first-order valence-corrected chi connectivity index (χ1v) is 8.32. The molecule has 27 heavy (non-hydrogen) atoms. The SMILES string of the molecule is O=c1ccn2nc(Oc3ccccc3Cl)ccc2c1-c1c(F)cccc1F. The van der Waals surface area contributed by atoms with E-state index >= 15 is 0 Å². The van der Waals surface area contributed by atoms with E-state index in [0.29, 0.717) is 10.8 Å². The summed E-state index contributed by atoms with van der Waals surface area (Å²) in [5.41, 5.74) is -0.759. The van der Waals surface area contributed by atoms with E-state index in [1.165, 1.54) is 35.0 Å². The lowest BCUT2D eigenvalue weighted by Crippen LogP contribution is -2.11. The zero-order chi connectivity index (χ0) is 19.0. The zero-order valence-electron chi connectivity index (χ0n) is 13.7. The summed E-state index contributed by atoms with van der Waals surface area (Å²) >= 11 is 6.07. The Kier molecular flexibility index (Phi) is 4.33. The highest BCUT2D eigenvalue weighted by Gasteiger charge is 2.18. The molecule has 2 heterocycles. The fourth-order valence-electron chi connectivity index (χ4n) is 2.76. The van der Waals surface area contributed by atoms with Crippen molar-refractivity contribution in [2.75, 3.05) is 0 Å². The molecule has 4 rings (SSSR count). The van der Waals surface area contributed by atoms with Gasteiger partial charge in [0, 0.05) is 18.3 Å². The van der Waals surface area contributed by atoms with Crippen LogP contribution in [0.5, 0.6) is 11.6 Å². The highest BCUT2D eigenvalue weighted by Crippen LogP contribution is 2.30. The first-order chi connectivity index (χ1) is 13.0. The lowest BCUT2D eigenvalue weighted by molar-refractivity contribution is 0.452. The van der Waals surface area contributed by atoms with Crippen molar-refractivity contribution in [1.82, 2.24) is 9.61 Å². The van der Waals surface area contributed by atoms with Gasteiger partial charge in [-0.15, -0.1) is 5.10 Å². The Labute approximate surface area is 157 Å². The summed E-state index contributed by atoms with van der Waals surface area (Å²) in [6.45, 7) is 0. The monoisotopic (exact) mass is 384 g/mol. The molecule has 4 nitrogen and oxygen atoms in total. The number of ether oxygens (including phenoxy) is 1. The van der Waals surface area contributed by atoms with Crippen molar-refractivity contribution in [3.63, 3.8) is 0 Å². The number of hydrogen-bond acceptors (Lipinski definition) is 3. The van der Waals surface area contributed by atoms with Crippen molar-refractivity contribution in [2.45, 2.75) is 0 Å². The topological polar surface area (TPSA) is 43.6 Å². The molecule has 7 heteroatoms. The molecule has 0 aliphatic rings. The fourth-order valence-corrected chi connectivity index (χ4v) is 2.94. The van der Waals surface area contributed by atoms with E-state index in [2.05, 4.69) is 5.10 Å². The summed E-state index contributed by atoms with van der Waals surface area (Å²) in [4.78, 5) is 12.3. The van der Waals surface area contributed by atoms with E-state index in [-0.39, 0.29) is 22.5 Å². The second kappa shape index (κ2) is 6.81. The average Bonchev–Trinajstić information content (AvgIpc) is 2.65. The number of aromatic nitrogens is 2. The first-order valence-electron chi connectivity index (χ1n) is 7.94. The molecule has 0 N–H and O–H groups in total. The van der Waals surface area contributed by atoms with Crippen molar-refractivity contribution in [3.05, 3.63) is 93.7 Å². The molecule has 0 unspecified atom stereocenters. The van der Waals surface area contributed by atoms with Crippen molar-refractivity contribution in [3.8, 4) is 22.8 Å². The van der Waals surface area contributed by atoms with Gasteiger partial charge in [0.25, 0.3) is 0 Å². The van der Waals surface area contributed by atoms with Crippen molar-refractivity contribution in [2.24, 2.45) is 0 Å². The van der Waals surface area contributed by atoms with Crippen LogP contribution in [0.3, 0.4) is 0 Å². The largest absolute Gasteiger partial charge is 0.436 e. The highest BCUT2D eigenvalue weighted by molar-refractivity contribution is 6.32. The molecule has 0 radical (unpaired) electrons. The Hall–Kier alpha value is -3.25. The second-order valence-electron chi connectivity index (χ2n) is 5.69. The van der Waals surface area contributed by atoms with Gasteiger partial charge in [0.1, 0.15) is 17.4 Å². The number of hydrogen-bond donors (Lipinski definition) is 0. The minimum Gasteiger partial charge on any atom is -0.436 e. The fraction of sp³-hybridized carbons (Fsp3) is 0. The third kappa shape index (κ3) is 3.15. The van der Waals surface area contributed by atoms with Gasteiger partial charge in [-0.3, -0.25) is 4.79 Å². The molecule has 4 aromatic rings. The van der Waals surface area contributed by atoms with Gasteiger partial charge < -0.3 is 4.74 Å². The number of rotatable bonds is 3. The van der Waals surface area contributed by atoms with E-state index in [1.54, 1.807) is 24.3 Å². The Balaban J connectivity index is 1.87. The van der Waals surface area contributed by atoms with Gasteiger partial charge in [0.15, 0.2) is 5.43 Å². The Morgan fingerprint density at radius 3 is 2.37 bits per heavy atom. The molecule has 0 aliphatic heterocycles. The minimum atomic E-state index is -0.823. The first kappa shape index (κ1) is 17.2. The smallest absolute Gasteiger partial charge is 0.237 e. The summed E-state index contributed by atoms with van der Waals surface area (Å²) < 4.78 is 35.4. The van der Waals surface area contributed by atoms with Crippen molar-refractivity contribution in [1.29, 1.82) is 0 Å². The van der Waals surface area contributed by atoms with Gasteiger partial charge in [0.2, 0.25) is 5.88 Å². The van der Waals surface area contributed by atoms with Crippen LogP contribution in [0, 0.1) is 11.6 Å². The van der Waals surface area contributed by atoms with Crippen LogP contribution < -0.4 is 10.2 Å². The predicted octanol–water partition coefficient (Wildman–Crippen LogP) is 5.09. The molecule has 2 aromatic carbocycles. The molecule has 0 fully saturated rings. The summed E-state index contributed by atoms with van der Waals surface area (Å²) in [5.74, 6) is -1.03. The van der Waals surface area contributed by atoms with E-state index in [9.17, 15) is 13.6 Å². The summed E-state index contributed by atoms with van der Waals surface area (Å²) in [5, 5.41) is 4.66. The Bertz CT molecular complexity index is 1200. The number of para-hydroxylation sites is 1. The molecule has 0 aliphatic carbocycles. The van der Waals surface area contributed by atoms with Crippen LogP contribution in [0.1, 0.15) is 0 Å². The predicted molar refractivity (Wildman–Crippen MR) is 98.3 cm³/mol. The Morgan fingerprint density at radius 1 is 0.889 bits per heavy atom. The number of benzene rings is 2. The number of halogens is 3. The maximum Gasteiger partial charge on any atom is 0.237 e. The van der Waals surface area contributed by atoms with E-state index in [1.807, 2.05) is 0 Å². The molecule has 0 atom stereocenters. The number of nitrogens with zero attached hydrogens (tertiary/aromatic N) is 2. The molecular formula is C20H11ClF2N2O2. The molecule has 0 saturated carbocycles. The van der Waals surface area contributed by atoms with Crippen LogP contribution in [0.15, 0.2) is 71.7 Å². The molecule has 134 valence electrons. The minimum absolute atomic E-state index is 0.107. The highest BCUT2D eigenvalue weighted by atomic mass is 35.5. The van der Waals surface area contributed by atoms with Gasteiger partial charge in [-0.2, -0.15) is 0 Å². The van der Waals surface area contributed by atoms with E-state index < -0.39 is 17.1 Å². The average molecular weight is 385 g/mol. The third-order valence-corrected chi connectivity index (χ3v) is 4.28. The number of fused-ring (bicyclic) bond motifs is 1. The quantitative estimate of drug-likeness (QED) is 0.494. The maximum absolute atomic E-state index is 14.2. The van der Waals surface area contributed by atoms with E-state index in [4.69, 9.17) is 16.3 Å². The standard InChI is InChI=1S/C20H11ClF2N2O2/c21-12-4-1-2-7-17(12)27-18-9-8-15-20(16(26)10-11-25(15)24-18)19-13(22)5-3-6-14(19)23/h1-11H. The third-order valence-electron chi connectivity index (χ3n) is 3.97. The Morgan fingerprint density at radius 2 is 1.63 bits per heavy atom. The van der Waals surface area contributed by atoms with Crippen molar-refractivity contribution >= 4 is 17.1 Å². The van der Waals surface area contributed by atoms with Gasteiger partial charge in [-0.25, -0.2) is 13.3 Å². The van der Waals surface area contributed by atoms with Gasteiger partial charge >= 0.3 is 0 Å². The van der Waals surface area contributed by atoms with Gasteiger partial charge in [0.05, 0.1) is 21.7 Å². The molecule has 0 amide bonds. The van der Waals surface area contributed by atoms with Crippen LogP contribution in [-0.2, 0) is 0 Å². The second-order valence-corrected chi connectivity index (χ2v) is 6.09. The van der Waals surface area contributed by atoms with Crippen LogP contribution in [0.2, 0.25) is 5.02 Å².